The maximum atomic E-state index is 13.8. The van der Waals surface area contributed by atoms with Crippen LogP contribution < -0.4 is 5.73 Å². The smallest absolute Gasteiger partial charge is 0.259 e. The first-order chi connectivity index (χ1) is 11.9. The fraction of sp³-hybridized carbons (Fsp3) is 0.375. The summed E-state index contributed by atoms with van der Waals surface area (Å²) in [6.45, 7) is 3.17. The Bertz CT molecular complexity index is 794. The number of aromatic nitrogens is 2. The van der Waals surface area contributed by atoms with E-state index in [2.05, 4.69) is 10.2 Å². The Labute approximate surface area is 142 Å². The Kier molecular flexibility index (Phi) is 4.67. The van der Waals surface area contributed by atoms with Gasteiger partial charge in [-0.25, -0.2) is 13.2 Å². The number of benzene rings is 1. The van der Waals surface area contributed by atoms with E-state index in [1.165, 1.54) is 6.20 Å². The van der Waals surface area contributed by atoms with Crippen LogP contribution in [-0.4, -0.2) is 51.6 Å². The number of amides is 1. The van der Waals surface area contributed by atoms with Crippen LogP contribution in [0.25, 0.3) is 0 Å². The van der Waals surface area contributed by atoms with Crippen molar-refractivity contribution in [3.63, 3.8) is 0 Å². The third kappa shape index (κ3) is 3.46. The summed E-state index contributed by atoms with van der Waals surface area (Å²) < 4.78 is 40.5. The van der Waals surface area contributed by atoms with Crippen LogP contribution in [0.3, 0.4) is 0 Å². The molecule has 0 saturated carbocycles. The summed E-state index contributed by atoms with van der Waals surface area (Å²) in [5, 5.41) is 6.27. The van der Waals surface area contributed by atoms with E-state index in [0.29, 0.717) is 31.3 Å². The van der Waals surface area contributed by atoms with Gasteiger partial charge in [-0.2, -0.15) is 5.10 Å². The Morgan fingerprint density at radius 1 is 1.36 bits per heavy atom. The zero-order chi connectivity index (χ0) is 18.1. The van der Waals surface area contributed by atoms with Gasteiger partial charge >= 0.3 is 0 Å². The van der Waals surface area contributed by atoms with Gasteiger partial charge in [0.25, 0.3) is 5.91 Å². The molecule has 0 radical (unpaired) electrons. The van der Waals surface area contributed by atoms with Gasteiger partial charge < -0.3 is 10.6 Å². The van der Waals surface area contributed by atoms with Crippen LogP contribution in [0.4, 0.5) is 19.0 Å². The van der Waals surface area contributed by atoms with E-state index < -0.39 is 17.5 Å². The highest BCUT2D eigenvalue weighted by Crippen LogP contribution is 2.21. The molecule has 1 saturated heterocycles. The number of nitrogens with two attached hydrogens (primary N) is 1. The number of piperazine rings is 1. The van der Waals surface area contributed by atoms with E-state index in [9.17, 15) is 18.0 Å². The molecule has 1 fully saturated rings. The molecule has 2 heterocycles. The predicted octanol–water partition coefficient (Wildman–Crippen LogP) is 1.76. The minimum absolute atomic E-state index is 0.0387. The largest absolute Gasteiger partial charge is 0.382 e. The fourth-order valence-corrected chi connectivity index (χ4v) is 3.00. The second-order valence-corrected chi connectivity index (χ2v) is 6.12. The van der Waals surface area contributed by atoms with Gasteiger partial charge in [-0.15, -0.1) is 0 Å². The van der Waals surface area contributed by atoms with Gasteiger partial charge in [0.05, 0.1) is 0 Å². The Hall–Kier alpha value is -2.55. The number of hydrogen-bond donors (Lipinski definition) is 2. The van der Waals surface area contributed by atoms with Crippen molar-refractivity contribution >= 4 is 11.7 Å². The predicted molar refractivity (Wildman–Crippen MR) is 85.1 cm³/mol. The maximum Gasteiger partial charge on any atom is 0.259 e. The quantitative estimate of drug-likeness (QED) is 0.824. The number of aromatic amines is 1. The van der Waals surface area contributed by atoms with E-state index in [1.54, 1.807) is 4.90 Å². The minimum atomic E-state index is -1.20. The molecule has 3 N–H and O–H groups in total. The third-order valence-electron chi connectivity index (χ3n) is 4.39. The summed E-state index contributed by atoms with van der Waals surface area (Å²) in [6, 6.07) is 1.40. The van der Waals surface area contributed by atoms with Crippen LogP contribution in [0, 0.1) is 17.5 Å². The van der Waals surface area contributed by atoms with E-state index in [-0.39, 0.29) is 29.9 Å². The van der Waals surface area contributed by atoms with Crippen molar-refractivity contribution in [3.8, 4) is 0 Å². The fourth-order valence-electron chi connectivity index (χ4n) is 3.00. The minimum Gasteiger partial charge on any atom is -0.382 e. The van der Waals surface area contributed by atoms with Crippen LogP contribution >= 0.6 is 0 Å². The van der Waals surface area contributed by atoms with Crippen molar-refractivity contribution in [3.05, 3.63) is 46.9 Å². The standard InChI is InChI=1S/C16H18F3N5O/c1-9-7-24(16(25)12-6-21-22-15(12)20)3-2-23(9)8-10-4-11(17)5-13(18)14(10)19/h4-6,9H,2-3,7-8H2,1H3,(H3,20,21,22)/t9-/m1/s1. The number of H-pyrrole nitrogens is 1. The number of nitrogen functional groups attached to an aromatic ring is 1. The lowest BCUT2D eigenvalue weighted by atomic mass is 10.1. The van der Waals surface area contributed by atoms with Crippen LogP contribution in [0.2, 0.25) is 0 Å². The topological polar surface area (TPSA) is 78.2 Å². The van der Waals surface area contributed by atoms with E-state index in [0.717, 1.165) is 6.07 Å². The molecule has 1 aliphatic rings. The lowest BCUT2D eigenvalue weighted by Gasteiger charge is -2.39. The number of anilines is 1. The second-order valence-electron chi connectivity index (χ2n) is 6.12. The highest BCUT2D eigenvalue weighted by atomic mass is 19.2. The maximum absolute atomic E-state index is 13.8. The molecule has 2 aromatic rings. The molecule has 0 unspecified atom stereocenters. The lowest BCUT2D eigenvalue weighted by Crippen LogP contribution is -2.53. The SMILES string of the molecule is C[C@@H]1CN(C(=O)c2c[nH]nc2N)CCN1Cc1cc(F)cc(F)c1F. The van der Waals surface area contributed by atoms with E-state index in [4.69, 9.17) is 5.73 Å². The molecule has 3 rings (SSSR count). The molecule has 1 aliphatic heterocycles. The molecule has 25 heavy (non-hydrogen) atoms. The number of halogens is 3. The highest BCUT2D eigenvalue weighted by molar-refractivity contribution is 5.98. The molecule has 1 aromatic heterocycles. The van der Waals surface area contributed by atoms with Crippen molar-refractivity contribution in [1.29, 1.82) is 0 Å². The summed E-state index contributed by atoms with van der Waals surface area (Å²) >= 11 is 0. The first-order valence-corrected chi connectivity index (χ1v) is 7.82. The van der Waals surface area contributed by atoms with Gasteiger partial charge in [0.15, 0.2) is 17.5 Å². The molecule has 0 spiro atoms. The number of carbonyl (C=O) groups excluding carboxylic acids is 1. The molecule has 1 aromatic carbocycles. The molecule has 1 amide bonds. The zero-order valence-corrected chi connectivity index (χ0v) is 13.6. The molecule has 9 heteroatoms. The molecule has 1 atom stereocenters. The third-order valence-corrected chi connectivity index (χ3v) is 4.39. The highest BCUT2D eigenvalue weighted by Gasteiger charge is 2.29. The molecule has 0 aliphatic carbocycles. The van der Waals surface area contributed by atoms with Gasteiger partial charge in [-0.3, -0.25) is 14.8 Å². The second kappa shape index (κ2) is 6.75. The van der Waals surface area contributed by atoms with Crippen molar-refractivity contribution in [2.75, 3.05) is 25.4 Å². The van der Waals surface area contributed by atoms with Gasteiger partial charge in [0.1, 0.15) is 11.4 Å². The molecule has 6 nitrogen and oxygen atoms in total. The first-order valence-electron chi connectivity index (χ1n) is 7.82. The molecule has 0 bridgehead atoms. The Morgan fingerprint density at radius 3 is 2.76 bits per heavy atom. The van der Waals surface area contributed by atoms with E-state index >= 15 is 0 Å². The first kappa shape index (κ1) is 17.3. The summed E-state index contributed by atoms with van der Waals surface area (Å²) in [5.41, 5.74) is 5.91. The lowest BCUT2D eigenvalue weighted by molar-refractivity contribution is 0.0492. The van der Waals surface area contributed by atoms with Gasteiger partial charge in [0.2, 0.25) is 0 Å². The number of hydrogen-bond acceptors (Lipinski definition) is 4. The van der Waals surface area contributed by atoms with Crippen LogP contribution in [-0.2, 0) is 6.54 Å². The van der Waals surface area contributed by atoms with Crippen LogP contribution in [0.5, 0.6) is 0 Å². The van der Waals surface area contributed by atoms with Gasteiger partial charge in [-0.1, -0.05) is 0 Å². The van der Waals surface area contributed by atoms with Gasteiger partial charge in [0, 0.05) is 50.0 Å². The van der Waals surface area contributed by atoms with Crippen LogP contribution in [0.1, 0.15) is 22.8 Å². The average Bonchev–Trinajstić information content (AvgIpc) is 2.99. The summed E-state index contributed by atoms with van der Waals surface area (Å²) in [6.07, 6.45) is 1.44. The zero-order valence-electron chi connectivity index (χ0n) is 13.6. The van der Waals surface area contributed by atoms with Crippen molar-refractivity contribution < 1.29 is 18.0 Å². The monoisotopic (exact) mass is 353 g/mol. The Balaban J connectivity index is 1.68. The summed E-state index contributed by atoms with van der Waals surface area (Å²) in [4.78, 5) is 15.9. The summed E-state index contributed by atoms with van der Waals surface area (Å²) in [7, 11) is 0. The molecule has 134 valence electrons. The van der Waals surface area contributed by atoms with Gasteiger partial charge in [-0.05, 0) is 13.0 Å². The van der Waals surface area contributed by atoms with Crippen molar-refractivity contribution in [1.82, 2.24) is 20.0 Å². The van der Waals surface area contributed by atoms with Crippen molar-refractivity contribution in [2.24, 2.45) is 0 Å². The summed E-state index contributed by atoms with van der Waals surface area (Å²) in [5.74, 6) is -3.16. The number of carbonyl (C=O) groups is 1. The Morgan fingerprint density at radius 2 is 2.12 bits per heavy atom. The van der Waals surface area contributed by atoms with Crippen molar-refractivity contribution in [2.45, 2.75) is 19.5 Å². The average molecular weight is 353 g/mol. The van der Waals surface area contributed by atoms with Crippen LogP contribution in [0.15, 0.2) is 18.3 Å². The number of nitrogens with one attached hydrogen (secondary N) is 1. The number of nitrogens with zero attached hydrogens (tertiary/aromatic N) is 3. The molecular weight excluding hydrogens is 335 g/mol. The molecular formula is C16H18F3N5O. The van der Waals surface area contributed by atoms with E-state index in [1.807, 2.05) is 11.8 Å². The number of rotatable bonds is 3. The normalized spacial score (nSPS) is 18.6.